The molecule has 0 atom stereocenters. The van der Waals surface area contributed by atoms with Gasteiger partial charge in [-0.3, -0.25) is 5.43 Å². The van der Waals surface area contributed by atoms with Gasteiger partial charge in [0.1, 0.15) is 22.2 Å². The molecule has 0 radical (unpaired) electrons. The summed E-state index contributed by atoms with van der Waals surface area (Å²) in [6.07, 6.45) is 9.48. The first-order valence-corrected chi connectivity index (χ1v) is 11.4. The molecular formula is C24H30N4O2S. The number of aromatic hydroxyl groups is 2. The highest BCUT2D eigenvalue weighted by molar-refractivity contribution is 7.84. The Morgan fingerprint density at radius 1 is 0.968 bits per heavy atom. The van der Waals surface area contributed by atoms with Crippen LogP contribution in [-0.4, -0.2) is 14.8 Å². The Hall–Kier alpha value is -2.93. The second-order valence-electron chi connectivity index (χ2n) is 7.86. The van der Waals surface area contributed by atoms with Crippen LogP contribution in [0.5, 0.6) is 11.5 Å². The van der Waals surface area contributed by atoms with Gasteiger partial charge in [0.25, 0.3) is 0 Å². The standard InChI is InChI=1S/C24H30N4O2S/c1-3-5-6-7-12-26-13-11-18-19(26)9-8-10-20(18)27-24(31)16-25-28(27)21-14-17(4-2)22(29)15-23(21)30/h8-11,13-16,25,29-31H,3-7,12H2,1-2H3. The molecule has 3 aromatic rings. The molecule has 2 aromatic carbocycles. The number of aromatic nitrogens is 1. The molecule has 0 unspecified atom stereocenters. The average Bonchev–Trinajstić information content (AvgIpc) is 3.35. The molecule has 6 nitrogen and oxygen atoms in total. The third-order valence-electron chi connectivity index (χ3n) is 5.79. The third kappa shape index (κ3) is 4.02. The smallest absolute Gasteiger partial charge is 0.146 e. The number of anilines is 2. The molecule has 0 saturated carbocycles. The molecule has 7 heteroatoms. The van der Waals surface area contributed by atoms with E-state index < -0.39 is 0 Å². The quantitative estimate of drug-likeness (QED) is 0.270. The number of fused-ring (bicyclic) bond motifs is 1. The van der Waals surface area contributed by atoms with E-state index in [1.165, 1.54) is 30.8 Å². The molecule has 0 amide bonds. The number of nitrogens with one attached hydrogen (secondary N) is 1. The number of phenols is 2. The molecule has 0 bridgehead atoms. The molecule has 1 aliphatic heterocycles. The number of unbranched alkanes of at least 4 members (excludes halogenated alkanes) is 3. The normalized spacial score (nSPS) is 13.7. The summed E-state index contributed by atoms with van der Waals surface area (Å²) in [6.45, 7) is 5.19. The third-order valence-corrected chi connectivity index (χ3v) is 6.11. The van der Waals surface area contributed by atoms with Crippen molar-refractivity contribution < 1.29 is 10.2 Å². The van der Waals surface area contributed by atoms with Crippen molar-refractivity contribution in [2.45, 2.75) is 52.5 Å². The fourth-order valence-electron chi connectivity index (χ4n) is 4.11. The van der Waals surface area contributed by atoms with Crippen LogP contribution in [0.15, 0.2) is 53.8 Å². The molecule has 0 fully saturated rings. The van der Waals surface area contributed by atoms with Gasteiger partial charge in [0.2, 0.25) is 0 Å². The zero-order valence-electron chi connectivity index (χ0n) is 18.0. The number of benzene rings is 2. The number of rotatable bonds is 8. The number of nitrogens with zero attached hydrogens (tertiary/aromatic N) is 3. The topological polar surface area (TPSA) is 63.9 Å². The average molecular weight is 439 g/mol. The predicted octanol–water partition coefficient (Wildman–Crippen LogP) is 5.67. The fraction of sp³-hybridized carbons (Fsp3) is 0.333. The van der Waals surface area contributed by atoms with E-state index >= 15 is 0 Å². The van der Waals surface area contributed by atoms with Crippen molar-refractivity contribution in [1.29, 1.82) is 0 Å². The molecule has 31 heavy (non-hydrogen) atoms. The molecule has 3 N–H and O–H groups in total. The van der Waals surface area contributed by atoms with Crippen LogP contribution < -0.4 is 15.6 Å². The Bertz CT molecular complexity index is 1110. The van der Waals surface area contributed by atoms with Gasteiger partial charge >= 0.3 is 0 Å². The summed E-state index contributed by atoms with van der Waals surface area (Å²) in [5.74, 6) is 0.0834. The van der Waals surface area contributed by atoms with Crippen LogP contribution in [-0.2, 0) is 13.0 Å². The minimum absolute atomic E-state index is 0.00990. The van der Waals surface area contributed by atoms with E-state index in [9.17, 15) is 10.2 Å². The Morgan fingerprint density at radius 2 is 1.81 bits per heavy atom. The van der Waals surface area contributed by atoms with Crippen LogP contribution in [0.25, 0.3) is 10.9 Å². The molecule has 0 saturated heterocycles. The van der Waals surface area contributed by atoms with Crippen LogP contribution in [0.2, 0.25) is 0 Å². The Kier molecular flexibility index (Phi) is 6.23. The van der Waals surface area contributed by atoms with Gasteiger partial charge in [-0.25, -0.2) is 5.01 Å². The predicted molar refractivity (Wildman–Crippen MR) is 130 cm³/mol. The van der Waals surface area contributed by atoms with Crippen LogP contribution in [0, 0.1) is 0 Å². The molecule has 164 valence electrons. The van der Waals surface area contributed by atoms with Crippen LogP contribution in [0.1, 0.15) is 45.1 Å². The number of hydrogen-bond acceptors (Lipinski definition) is 6. The summed E-state index contributed by atoms with van der Waals surface area (Å²) in [4.78, 5) is 0. The molecular weight excluding hydrogens is 408 g/mol. The van der Waals surface area contributed by atoms with Gasteiger partial charge in [-0.15, -0.1) is 12.6 Å². The second-order valence-corrected chi connectivity index (χ2v) is 8.32. The Labute approximate surface area is 188 Å². The minimum Gasteiger partial charge on any atom is -0.508 e. The van der Waals surface area contributed by atoms with Gasteiger partial charge in [-0.05, 0) is 42.7 Å². The maximum Gasteiger partial charge on any atom is 0.146 e. The van der Waals surface area contributed by atoms with Gasteiger partial charge in [0, 0.05) is 24.2 Å². The van der Waals surface area contributed by atoms with Crippen molar-refractivity contribution in [1.82, 2.24) is 9.99 Å². The Morgan fingerprint density at radius 3 is 2.58 bits per heavy atom. The number of hydrogen-bond donors (Lipinski definition) is 4. The number of hydrazine groups is 2. The number of thiol groups is 1. The van der Waals surface area contributed by atoms with Gasteiger partial charge in [0.15, 0.2) is 0 Å². The van der Waals surface area contributed by atoms with E-state index in [0.29, 0.717) is 17.1 Å². The van der Waals surface area contributed by atoms with Crippen molar-refractivity contribution in [3.05, 3.63) is 59.4 Å². The van der Waals surface area contributed by atoms with Crippen molar-refractivity contribution in [3.8, 4) is 11.5 Å². The molecule has 4 rings (SSSR count). The minimum atomic E-state index is -0.00990. The lowest BCUT2D eigenvalue weighted by Gasteiger charge is -2.32. The summed E-state index contributed by atoms with van der Waals surface area (Å²) in [5.41, 5.74) is 6.62. The molecule has 1 aliphatic rings. The van der Waals surface area contributed by atoms with Crippen molar-refractivity contribution in [3.63, 3.8) is 0 Å². The second kappa shape index (κ2) is 9.06. The first kappa shape index (κ1) is 21.3. The van der Waals surface area contributed by atoms with Crippen molar-refractivity contribution >= 4 is 34.9 Å². The van der Waals surface area contributed by atoms with Gasteiger partial charge in [-0.2, -0.15) is 5.12 Å². The maximum atomic E-state index is 10.6. The van der Waals surface area contributed by atoms with Crippen LogP contribution >= 0.6 is 12.6 Å². The van der Waals surface area contributed by atoms with Crippen LogP contribution in [0.3, 0.4) is 0 Å². The molecule has 0 spiro atoms. The summed E-state index contributed by atoms with van der Waals surface area (Å²) in [5, 5.41) is 26.2. The van der Waals surface area contributed by atoms with E-state index in [1.54, 1.807) is 17.4 Å². The van der Waals surface area contributed by atoms with Crippen molar-refractivity contribution in [2.75, 3.05) is 10.1 Å². The lowest BCUT2D eigenvalue weighted by Crippen LogP contribution is -2.43. The van der Waals surface area contributed by atoms with Gasteiger partial charge in [-0.1, -0.05) is 39.2 Å². The molecule has 1 aromatic heterocycles. The van der Waals surface area contributed by atoms with Crippen LogP contribution in [0.4, 0.5) is 11.4 Å². The lowest BCUT2D eigenvalue weighted by molar-refractivity contribution is 0.445. The molecule has 0 aliphatic carbocycles. The highest BCUT2D eigenvalue weighted by Crippen LogP contribution is 2.40. The SMILES string of the molecule is CCCCCCn1ccc2c(N3C(S)=CNN3c3cc(CC)c(O)cc3O)cccc21. The van der Waals surface area contributed by atoms with Gasteiger partial charge < -0.3 is 14.8 Å². The lowest BCUT2D eigenvalue weighted by atomic mass is 10.1. The first-order chi connectivity index (χ1) is 15.0. The van der Waals surface area contributed by atoms with Gasteiger partial charge in [0.05, 0.1) is 17.4 Å². The monoisotopic (exact) mass is 438 g/mol. The van der Waals surface area contributed by atoms with E-state index in [0.717, 1.165) is 29.6 Å². The number of aryl methyl sites for hydroxylation is 2. The zero-order chi connectivity index (χ0) is 22.0. The summed E-state index contributed by atoms with van der Waals surface area (Å²) < 4.78 is 2.30. The fourth-order valence-corrected chi connectivity index (χ4v) is 4.36. The number of phenolic OH excluding ortho intramolecular Hbond substituents is 2. The summed E-state index contributed by atoms with van der Waals surface area (Å²) in [6, 6.07) is 11.6. The van der Waals surface area contributed by atoms with E-state index in [1.807, 2.05) is 24.1 Å². The van der Waals surface area contributed by atoms with E-state index in [4.69, 9.17) is 0 Å². The maximum absolute atomic E-state index is 10.6. The summed E-state index contributed by atoms with van der Waals surface area (Å²) >= 11 is 4.67. The summed E-state index contributed by atoms with van der Waals surface area (Å²) in [7, 11) is 0. The van der Waals surface area contributed by atoms with E-state index in [2.05, 4.69) is 47.9 Å². The molecule has 2 heterocycles. The van der Waals surface area contributed by atoms with E-state index in [-0.39, 0.29) is 11.5 Å². The first-order valence-electron chi connectivity index (χ1n) is 10.9. The highest BCUT2D eigenvalue weighted by atomic mass is 32.1. The zero-order valence-corrected chi connectivity index (χ0v) is 18.9. The largest absolute Gasteiger partial charge is 0.508 e. The van der Waals surface area contributed by atoms with Crippen molar-refractivity contribution in [2.24, 2.45) is 0 Å². The Balaban J connectivity index is 1.71. The highest BCUT2D eigenvalue weighted by Gasteiger charge is 2.28.